The zero-order valence-corrected chi connectivity index (χ0v) is 14.4. The number of nitrogens with zero attached hydrogens (tertiary/aromatic N) is 5. The molecule has 0 fully saturated rings. The summed E-state index contributed by atoms with van der Waals surface area (Å²) in [6.45, 7) is 4.94. The molecule has 0 bridgehead atoms. The summed E-state index contributed by atoms with van der Waals surface area (Å²) < 4.78 is 9.32. The van der Waals surface area contributed by atoms with Gasteiger partial charge in [0.05, 0.1) is 24.5 Å². The number of aromatic nitrogens is 4. The van der Waals surface area contributed by atoms with Crippen molar-refractivity contribution in [1.82, 2.24) is 24.5 Å². The van der Waals surface area contributed by atoms with Gasteiger partial charge in [-0.05, 0) is 38.1 Å². The van der Waals surface area contributed by atoms with E-state index in [1.165, 1.54) is 0 Å². The highest BCUT2D eigenvalue weighted by atomic mass is 16.4. The highest BCUT2D eigenvalue weighted by Crippen LogP contribution is 2.14. The molecule has 7 heteroatoms. The summed E-state index contributed by atoms with van der Waals surface area (Å²) in [7, 11) is 3.60. The number of hydrogen-bond donors (Lipinski definition) is 0. The van der Waals surface area contributed by atoms with Crippen molar-refractivity contribution in [2.45, 2.75) is 26.9 Å². The molecule has 0 spiro atoms. The number of carbonyl (C=O) groups is 1. The Morgan fingerprint density at radius 3 is 2.71 bits per heavy atom. The van der Waals surface area contributed by atoms with Crippen LogP contribution in [-0.4, -0.2) is 37.4 Å². The van der Waals surface area contributed by atoms with Gasteiger partial charge in [-0.2, -0.15) is 10.2 Å². The van der Waals surface area contributed by atoms with E-state index in [1.54, 1.807) is 28.9 Å². The lowest BCUT2D eigenvalue weighted by Crippen LogP contribution is -2.26. The molecule has 0 radical (unpaired) electrons. The van der Waals surface area contributed by atoms with Gasteiger partial charge in [-0.25, -0.2) is 0 Å². The summed E-state index contributed by atoms with van der Waals surface area (Å²) in [6, 6.07) is 7.43. The number of hydrogen-bond acceptors (Lipinski definition) is 4. The van der Waals surface area contributed by atoms with Crippen molar-refractivity contribution < 1.29 is 9.21 Å². The second kappa shape index (κ2) is 6.35. The van der Waals surface area contributed by atoms with E-state index in [0.717, 1.165) is 17.1 Å². The maximum Gasteiger partial charge on any atom is 0.289 e. The standard InChI is InChI=1S/C17H21N5O2/c1-12-9-13(2)22(19-12)11-15-5-6-16(24-15)17(23)20(3)10-14-7-8-18-21(14)4/h5-9H,10-11H2,1-4H3. The quantitative estimate of drug-likeness (QED) is 0.720. The van der Waals surface area contributed by atoms with Crippen LogP contribution in [0.2, 0.25) is 0 Å². The molecule has 126 valence electrons. The molecule has 0 atom stereocenters. The molecule has 3 heterocycles. The average Bonchev–Trinajstić information content (AvgIpc) is 3.22. The Balaban J connectivity index is 1.69. The van der Waals surface area contributed by atoms with Gasteiger partial charge in [0.1, 0.15) is 5.76 Å². The smallest absolute Gasteiger partial charge is 0.289 e. The monoisotopic (exact) mass is 327 g/mol. The zero-order chi connectivity index (χ0) is 17.3. The maximum absolute atomic E-state index is 12.5. The summed E-state index contributed by atoms with van der Waals surface area (Å²) >= 11 is 0. The summed E-state index contributed by atoms with van der Waals surface area (Å²) in [5.74, 6) is 0.880. The van der Waals surface area contributed by atoms with Crippen molar-refractivity contribution in [3.05, 3.63) is 59.1 Å². The third-order valence-corrected chi connectivity index (χ3v) is 3.95. The van der Waals surface area contributed by atoms with Crippen molar-refractivity contribution >= 4 is 5.91 Å². The molecule has 0 saturated heterocycles. The van der Waals surface area contributed by atoms with Crippen molar-refractivity contribution in [1.29, 1.82) is 0 Å². The van der Waals surface area contributed by atoms with E-state index < -0.39 is 0 Å². The van der Waals surface area contributed by atoms with E-state index in [0.29, 0.717) is 24.6 Å². The second-order valence-electron chi connectivity index (χ2n) is 5.96. The number of amides is 1. The Hall–Kier alpha value is -2.83. The minimum atomic E-state index is -0.157. The predicted molar refractivity (Wildman–Crippen MR) is 88.5 cm³/mol. The molecule has 3 aromatic heterocycles. The number of furan rings is 1. The van der Waals surface area contributed by atoms with Gasteiger partial charge < -0.3 is 9.32 Å². The lowest BCUT2D eigenvalue weighted by Gasteiger charge is -2.15. The highest BCUT2D eigenvalue weighted by Gasteiger charge is 2.17. The molecule has 0 aromatic carbocycles. The molecule has 0 unspecified atom stereocenters. The van der Waals surface area contributed by atoms with Gasteiger partial charge >= 0.3 is 0 Å². The molecule has 7 nitrogen and oxygen atoms in total. The van der Waals surface area contributed by atoms with Crippen LogP contribution < -0.4 is 0 Å². The Morgan fingerprint density at radius 1 is 1.29 bits per heavy atom. The molecule has 1 amide bonds. The van der Waals surface area contributed by atoms with Crippen LogP contribution >= 0.6 is 0 Å². The Kier molecular flexibility index (Phi) is 4.24. The van der Waals surface area contributed by atoms with E-state index in [-0.39, 0.29) is 5.91 Å². The van der Waals surface area contributed by atoms with Crippen molar-refractivity contribution in [3.8, 4) is 0 Å². The fourth-order valence-corrected chi connectivity index (χ4v) is 2.62. The number of aryl methyl sites for hydroxylation is 3. The largest absolute Gasteiger partial charge is 0.454 e. The predicted octanol–water partition coefficient (Wildman–Crippen LogP) is 2.15. The van der Waals surface area contributed by atoms with Crippen LogP contribution in [0.15, 0.2) is 34.9 Å². The van der Waals surface area contributed by atoms with Crippen LogP contribution in [0.3, 0.4) is 0 Å². The van der Waals surface area contributed by atoms with Crippen LogP contribution in [0.4, 0.5) is 0 Å². The SMILES string of the molecule is Cc1cc(C)n(Cc2ccc(C(=O)N(C)Cc3ccnn3C)o2)n1. The van der Waals surface area contributed by atoms with Crippen LogP contribution in [0.1, 0.15) is 33.4 Å². The van der Waals surface area contributed by atoms with Crippen molar-refractivity contribution in [2.75, 3.05) is 7.05 Å². The Bertz CT molecular complexity index is 858. The van der Waals surface area contributed by atoms with Crippen molar-refractivity contribution in [3.63, 3.8) is 0 Å². The van der Waals surface area contributed by atoms with E-state index in [4.69, 9.17) is 4.42 Å². The summed E-state index contributed by atoms with van der Waals surface area (Å²) in [4.78, 5) is 14.1. The Labute approximate surface area is 140 Å². The first kappa shape index (κ1) is 16.0. The summed E-state index contributed by atoms with van der Waals surface area (Å²) in [6.07, 6.45) is 1.72. The summed E-state index contributed by atoms with van der Waals surface area (Å²) in [5, 5.41) is 8.51. The molecule has 0 saturated carbocycles. The second-order valence-corrected chi connectivity index (χ2v) is 5.96. The maximum atomic E-state index is 12.5. The van der Waals surface area contributed by atoms with Crippen LogP contribution in [0, 0.1) is 13.8 Å². The third kappa shape index (κ3) is 3.24. The molecule has 0 aliphatic rings. The average molecular weight is 327 g/mol. The molecule has 3 rings (SSSR count). The lowest BCUT2D eigenvalue weighted by atomic mass is 10.3. The molecule has 0 aliphatic heterocycles. The molecule has 3 aromatic rings. The molecule has 0 aliphatic carbocycles. The van der Waals surface area contributed by atoms with Crippen LogP contribution in [0.5, 0.6) is 0 Å². The Morgan fingerprint density at radius 2 is 2.08 bits per heavy atom. The minimum absolute atomic E-state index is 0.157. The van der Waals surface area contributed by atoms with Crippen molar-refractivity contribution in [2.24, 2.45) is 7.05 Å². The lowest BCUT2D eigenvalue weighted by molar-refractivity contribution is 0.0748. The third-order valence-electron chi connectivity index (χ3n) is 3.95. The van der Waals surface area contributed by atoms with E-state index >= 15 is 0 Å². The van der Waals surface area contributed by atoms with Crippen LogP contribution in [-0.2, 0) is 20.1 Å². The van der Waals surface area contributed by atoms with E-state index in [1.807, 2.05) is 43.8 Å². The number of carbonyl (C=O) groups excluding carboxylic acids is 1. The topological polar surface area (TPSA) is 69.1 Å². The minimum Gasteiger partial charge on any atom is -0.454 e. The highest BCUT2D eigenvalue weighted by molar-refractivity contribution is 5.91. The molecule has 24 heavy (non-hydrogen) atoms. The van der Waals surface area contributed by atoms with Gasteiger partial charge in [0.25, 0.3) is 5.91 Å². The first-order valence-electron chi connectivity index (χ1n) is 7.76. The first-order chi connectivity index (χ1) is 11.4. The van der Waals surface area contributed by atoms with E-state index in [2.05, 4.69) is 10.2 Å². The van der Waals surface area contributed by atoms with Gasteiger partial charge in [0, 0.05) is 26.0 Å². The first-order valence-corrected chi connectivity index (χ1v) is 7.76. The molecular formula is C17H21N5O2. The fraction of sp³-hybridized carbons (Fsp3) is 0.353. The fourth-order valence-electron chi connectivity index (χ4n) is 2.62. The molecule has 0 N–H and O–H groups in total. The van der Waals surface area contributed by atoms with Gasteiger partial charge in [0.15, 0.2) is 5.76 Å². The van der Waals surface area contributed by atoms with Gasteiger partial charge in [0.2, 0.25) is 0 Å². The van der Waals surface area contributed by atoms with E-state index in [9.17, 15) is 4.79 Å². The van der Waals surface area contributed by atoms with Gasteiger partial charge in [-0.15, -0.1) is 0 Å². The summed E-state index contributed by atoms with van der Waals surface area (Å²) in [5.41, 5.74) is 2.98. The van der Waals surface area contributed by atoms with Crippen LogP contribution in [0.25, 0.3) is 0 Å². The number of rotatable bonds is 5. The normalized spacial score (nSPS) is 11.0. The molecular weight excluding hydrogens is 306 g/mol. The van der Waals surface area contributed by atoms with Gasteiger partial charge in [-0.1, -0.05) is 0 Å². The van der Waals surface area contributed by atoms with Gasteiger partial charge in [-0.3, -0.25) is 14.2 Å². The zero-order valence-electron chi connectivity index (χ0n) is 14.4.